The number of ether oxygens (including phenoxy) is 1. The molecule has 0 spiro atoms. The highest BCUT2D eigenvalue weighted by Gasteiger charge is 2.07. The van der Waals surface area contributed by atoms with Gasteiger partial charge in [-0.1, -0.05) is 12.1 Å². The molecule has 0 saturated carbocycles. The van der Waals surface area contributed by atoms with E-state index < -0.39 is 11.9 Å². The van der Waals surface area contributed by atoms with Gasteiger partial charge < -0.3 is 21.9 Å². The van der Waals surface area contributed by atoms with Crippen LogP contribution in [-0.4, -0.2) is 24.4 Å². The van der Waals surface area contributed by atoms with Gasteiger partial charge in [0.2, 0.25) is 5.91 Å². The molecule has 7 heteroatoms. The number of esters is 1. The third-order valence-corrected chi connectivity index (χ3v) is 3.22. The summed E-state index contributed by atoms with van der Waals surface area (Å²) in [7, 11) is 0. The molecule has 124 valence electrons. The molecule has 0 aliphatic rings. The molecule has 2 aromatic carbocycles. The largest absolute Gasteiger partial charge is 0.462 e. The first-order valence-electron chi connectivity index (χ1n) is 7.21. The van der Waals surface area contributed by atoms with Crippen LogP contribution >= 0.6 is 0 Å². The van der Waals surface area contributed by atoms with Crippen LogP contribution in [-0.2, 0) is 11.2 Å². The van der Waals surface area contributed by atoms with E-state index >= 15 is 0 Å². The summed E-state index contributed by atoms with van der Waals surface area (Å²) in [5.74, 6) is -0.954. The molecule has 0 aliphatic carbocycles. The first-order chi connectivity index (χ1) is 11.5. The lowest BCUT2D eigenvalue weighted by Gasteiger charge is -2.06. The molecule has 0 atom stereocenters. The van der Waals surface area contributed by atoms with E-state index in [1.807, 2.05) is 0 Å². The average Bonchev–Trinajstić information content (AvgIpc) is 2.55. The maximum atomic E-state index is 11.9. The molecular formula is C17H18N4O3. The number of guanidine groups is 1. The maximum absolute atomic E-state index is 11.9. The second kappa shape index (κ2) is 7.77. The van der Waals surface area contributed by atoms with Gasteiger partial charge >= 0.3 is 5.97 Å². The maximum Gasteiger partial charge on any atom is 0.338 e. The number of nitrogens with zero attached hydrogens (tertiary/aromatic N) is 1. The number of carbonyl (C=O) groups is 2. The quantitative estimate of drug-likeness (QED) is 0.415. The van der Waals surface area contributed by atoms with Crippen molar-refractivity contribution in [2.45, 2.75) is 6.42 Å². The van der Waals surface area contributed by atoms with Gasteiger partial charge in [-0.3, -0.25) is 4.79 Å². The molecule has 0 aromatic heterocycles. The van der Waals surface area contributed by atoms with Gasteiger partial charge in [0.05, 0.1) is 17.9 Å². The van der Waals surface area contributed by atoms with Crippen LogP contribution < -0.4 is 17.2 Å². The van der Waals surface area contributed by atoms with Gasteiger partial charge in [-0.25, -0.2) is 9.79 Å². The average molecular weight is 326 g/mol. The van der Waals surface area contributed by atoms with E-state index in [2.05, 4.69) is 4.99 Å². The van der Waals surface area contributed by atoms with Crippen LogP contribution in [0, 0.1) is 0 Å². The number of amides is 1. The molecule has 0 fully saturated rings. The summed E-state index contributed by atoms with van der Waals surface area (Å²) in [5.41, 5.74) is 18.1. The van der Waals surface area contributed by atoms with Crippen molar-refractivity contribution >= 4 is 23.5 Å². The Bertz CT molecular complexity index is 748. The van der Waals surface area contributed by atoms with Gasteiger partial charge in [0.25, 0.3) is 0 Å². The predicted molar refractivity (Wildman–Crippen MR) is 90.9 cm³/mol. The van der Waals surface area contributed by atoms with Gasteiger partial charge in [-0.2, -0.15) is 0 Å². The number of hydrogen-bond donors (Lipinski definition) is 3. The molecule has 7 nitrogen and oxygen atoms in total. The third kappa shape index (κ3) is 4.84. The molecule has 2 aromatic rings. The second-order valence-electron chi connectivity index (χ2n) is 5.03. The molecule has 0 saturated heterocycles. The molecule has 0 unspecified atom stereocenters. The number of primary amides is 1. The highest BCUT2D eigenvalue weighted by molar-refractivity contribution is 5.92. The molecule has 24 heavy (non-hydrogen) atoms. The van der Waals surface area contributed by atoms with Crippen molar-refractivity contribution in [1.29, 1.82) is 0 Å². The molecule has 0 radical (unpaired) electrons. The zero-order chi connectivity index (χ0) is 17.5. The van der Waals surface area contributed by atoms with E-state index in [0.717, 1.165) is 5.56 Å². The molecule has 6 N–H and O–H groups in total. The van der Waals surface area contributed by atoms with Crippen molar-refractivity contribution in [1.82, 2.24) is 0 Å². The number of rotatable bonds is 6. The van der Waals surface area contributed by atoms with E-state index in [9.17, 15) is 9.59 Å². The summed E-state index contributed by atoms with van der Waals surface area (Å²) in [6.45, 7) is 0.227. The topological polar surface area (TPSA) is 134 Å². The van der Waals surface area contributed by atoms with E-state index in [-0.39, 0.29) is 12.6 Å². The second-order valence-corrected chi connectivity index (χ2v) is 5.03. The van der Waals surface area contributed by atoms with Gasteiger partial charge in [0.15, 0.2) is 5.96 Å². The first kappa shape index (κ1) is 17.0. The summed E-state index contributed by atoms with van der Waals surface area (Å²) in [5, 5.41) is 0. The predicted octanol–water partition coefficient (Wildman–Crippen LogP) is 1.09. The van der Waals surface area contributed by atoms with Crippen molar-refractivity contribution in [2.24, 2.45) is 22.2 Å². The molecule has 0 aliphatic heterocycles. The van der Waals surface area contributed by atoms with Gasteiger partial charge in [-0.05, 0) is 42.0 Å². The Morgan fingerprint density at radius 3 is 2.00 bits per heavy atom. The summed E-state index contributed by atoms with van der Waals surface area (Å²) in [6.07, 6.45) is 0.539. The van der Waals surface area contributed by atoms with Gasteiger partial charge in [0, 0.05) is 12.0 Å². The normalized spacial score (nSPS) is 10.0. The van der Waals surface area contributed by atoms with Crippen LogP contribution in [0.3, 0.4) is 0 Å². The summed E-state index contributed by atoms with van der Waals surface area (Å²) in [6, 6.07) is 13.3. The van der Waals surface area contributed by atoms with Crippen molar-refractivity contribution in [3.8, 4) is 0 Å². The highest BCUT2D eigenvalue weighted by atomic mass is 16.5. The van der Waals surface area contributed by atoms with Gasteiger partial charge in [0.1, 0.15) is 0 Å². The van der Waals surface area contributed by atoms with Gasteiger partial charge in [-0.15, -0.1) is 0 Å². The van der Waals surface area contributed by atoms with Crippen molar-refractivity contribution in [2.75, 3.05) is 6.61 Å². The fraction of sp³-hybridized carbons (Fsp3) is 0.118. The van der Waals surface area contributed by atoms with E-state index in [1.54, 1.807) is 48.5 Å². The van der Waals surface area contributed by atoms with Crippen LogP contribution in [0.2, 0.25) is 0 Å². The third-order valence-electron chi connectivity index (χ3n) is 3.22. The Kier molecular flexibility index (Phi) is 5.51. The van der Waals surface area contributed by atoms with E-state index in [4.69, 9.17) is 21.9 Å². The molecule has 2 rings (SSSR count). The lowest BCUT2D eigenvalue weighted by atomic mass is 10.1. The Labute approximate surface area is 139 Å². The summed E-state index contributed by atoms with van der Waals surface area (Å²) in [4.78, 5) is 26.8. The van der Waals surface area contributed by atoms with E-state index in [0.29, 0.717) is 23.2 Å². The lowest BCUT2D eigenvalue weighted by Crippen LogP contribution is -2.21. The number of benzene rings is 2. The Morgan fingerprint density at radius 1 is 0.875 bits per heavy atom. The van der Waals surface area contributed by atoms with Crippen LogP contribution in [0.15, 0.2) is 53.5 Å². The smallest absolute Gasteiger partial charge is 0.338 e. The highest BCUT2D eigenvalue weighted by Crippen LogP contribution is 2.13. The van der Waals surface area contributed by atoms with Crippen molar-refractivity contribution in [3.05, 3.63) is 65.2 Å². The fourth-order valence-electron chi connectivity index (χ4n) is 2.00. The first-order valence-corrected chi connectivity index (χ1v) is 7.21. The van der Waals surface area contributed by atoms with Crippen LogP contribution in [0.5, 0.6) is 0 Å². The number of hydrogen-bond acceptors (Lipinski definition) is 4. The van der Waals surface area contributed by atoms with Crippen molar-refractivity contribution in [3.63, 3.8) is 0 Å². The minimum Gasteiger partial charge on any atom is -0.462 e. The SMILES string of the molecule is NC(=O)c1ccc(CCOC(=O)c2ccc(N=C(N)N)cc2)cc1. The Morgan fingerprint density at radius 2 is 1.46 bits per heavy atom. The van der Waals surface area contributed by atoms with Crippen molar-refractivity contribution < 1.29 is 14.3 Å². The van der Waals surface area contributed by atoms with Crippen LogP contribution in [0.25, 0.3) is 0 Å². The Balaban J connectivity index is 1.86. The van der Waals surface area contributed by atoms with E-state index in [1.165, 1.54) is 0 Å². The number of aliphatic imine (C=N–C) groups is 1. The Hall–Kier alpha value is -3.35. The molecule has 1 amide bonds. The zero-order valence-corrected chi connectivity index (χ0v) is 12.9. The minimum absolute atomic E-state index is 0.0484. The zero-order valence-electron chi connectivity index (χ0n) is 12.9. The standard InChI is InChI=1S/C17H18N4O3/c18-15(22)12-3-1-11(2-4-12)9-10-24-16(23)13-5-7-14(8-6-13)21-17(19)20/h1-8H,9-10H2,(H2,18,22)(H4,19,20,21). The lowest BCUT2D eigenvalue weighted by molar-refractivity contribution is 0.0509. The molecule has 0 heterocycles. The van der Waals surface area contributed by atoms with Crippen LogP contribution in [0.4, 0.5) is 5.69 Å². The molecular weight excluding hydrogens is 308 g/mol. The van der Waals surface area contributed by atoms with Crippen LogP contribution in [0.1, 0.15) is 26.3 Å². The summed E-state index contributed by atoms with van der Waals surface area (Å²) >= 11 is 0. The number of carbonyl (C=O) groups excluding carboxylic acids is 2. The monoisotopic (exact) mass is 326 g/mol. The number of nitrogens with two attached hydrogens (primary N) is 3. The summed E-state index contributed by atoms with van der Waals surface area (Å²) < 4.78 is 5.21. The fourth-order valence-corrected chi connectivity index (χ4v) is 2.00. The minimum atomic E-state index is -0.475. The molecule has 0 bridgehead atoms.